The largest absolute Gasteiger partial charge is 0.380 e. The van der Waals surface area contributed by atoms with Crippen LogP contribution in [0.2, 0.25) is 0 Å². The van der Waals surface area contributed by atoms with Crippen LogP contribution in [0.25, 0.3) is 0 Å². The van der Waals surface area contributed by atoms with Crippen LogP contribution in [0.3, 0.4) is 0 Å². The first kappa shape index (κ1) is 36.2. The summed E-state index contributed by atoms with van der Waals surface area (Å²) in [7, 11) is 1.70. The van der Waals surface area contributed by atoms with E-state index >= 15 is 0 Å². The number of benzene rings is 1. The molecule has 114 valence electrons. The van der Waals surface area contributed by atoms with Gasteiger partial charge in [-0.1, -0.05) is 30.3 Å². The Balaban J connectivity index is -0.0000000384. The van der Waals surface area contributed by atoms with Crippen LogP contribution >= 0.6 is 0 Å². The molecule has 0 N–H and O–H groups in total. The second-order valence-electron chi connectivity index (χ2n) is 1.92. The van der Waals surface area contributed by atoms with Crippen LogP contribution in [0.15, 0.2) is 30.3 Å². The molecule has 0 atom stereocenters. The van der Waals surface area contributed by atoms with Crippen molar-refractivity contribution in [2.24, 2.45) is 0 Å². The molecule has 0 aliphatic carbocycles. The van der Waals surface area contributed by atoms with Crippen molar-refractivity contribution < 1.29 is 49.8 Å². The van der Waals surface area contributed by atoms with Gasteiger partial charge in [0.2, 0.25) is 0 Å². The van der Waals surface area contributed by atoms with Gasteiger partial charge in [0.05, 0.1) is 6.61 Å². The fourth-order valence-electron chi connectivity index (χ4n) is 0.741. The SMILES string of the molecule is C=O.C=O.C=O.C=O.C=O.COCc1ccccc1.[W]. The smallest absolute Gasteiger partial charge is 0.106 e. The second kappa shape index (κ2) is 67.1. The van der Waals surface area contributed by atoms with E-state index < -0.39 is 0 Å². The summed E-state index contributed by atoms with van der Waals surface area (Å²) in [6.45, 7) is 10.7. The van der Waals surface area contributed by atoms with Gasteiger partial charge in [0.25, 0.3) is 0 Å². The first-order valence-corrected chi connectivity index (χ1v) is 4.40. The van der Waals surface area contributed by atoms with Crippen molar-refractivity contribution in [3.05, 3.63) is 35.9 Å². The minimum absolute atomic E-state index is 0. The molecule has 0 saturated heterocycles. The third-order valence-electron chi connectivity index (χ3n) is 1.15. The summed E-state index contributed by atoms with van der Waals surface area (Å²) in [6.07, 6.45) is 0. The predicted octanol–water partition coefficient (Wildman–Crippen LogP) is 0.906. The Hall–Kier alpha value is -1.78. The second-order valence-corrected chi connectivity index (χ2v) is 1.92. The van der Waals surface area contributed by atoms with Gasteiger partial charge in [-0.05, 0) is 5.56 Å². The van der Waals surface area contributed by atoms with Gasteiger partial charge in [0, 0.05) is 28.2 Å². The summed E-state index contributed by atoms with van der Waals surface area (Å²) < 4.78 is 4.93. The standard InChI is InChI=1S/C8H10O.5CH2O.W/c1-9-7-8-5-3-2-4-6-8;5*1-2;/h2-6H,7H2,1H3;5*1H2;. The molecule has 7 heteroatoms. The number of rotatable bonds is 2. The molecule has 0 aromatic heterocycles. The van der Waals surface area contributed by atoms with E-state index in [0.717, 1.165) is 0 Å². The van der Waals surface area contributed by atoms with Crippen LogP contribution in [-0.2, 0) is 56.4 Å². The van der Waals surface area contributed by atoms with Crippen molar-refractivity contribution >= 4 is 33.9 Å². The van der Waals surface area contributed by atoms with E-state index in [-0.39, 0.29) is 21.1 Å². The average molecular weight is 456 g/mol. The van der Waals surface area contributed by atoms with Gasteiger partial charge >= 0.3 is 0 Å². The van der Waals surface area contributed by atoms with E-state index in [4.69, 9.17) is 28.7 Å². The molecule has 0 radical (unpaired) electrons. The molecule has 0 bridgehead atoms. The average Bonchev–Trinajstić information content (AvgIpc) is 2.58. The maximum Gasteiger partial charge on any atom is 0.106 e. The van der Waals surface area contributed by atoms with Gasteiger partial charge in [-0.2, -0.15) is 0 Å². The zero-order valence-corrected chi connectivity index (χ0v) is 14.4. The van der Waals surface area contributed by atoms with Crippen LogP contribution in [0, 0.1) is 0 Å². The third-order valence-corrected chi connectivity index (χ3v) is 1.15. The monoisotopic (exact) mass is 456 g/mol. The minimum atomic E-state index is 0. The Bertz CT molecular complexity index is 224. The molecule has 0 fully saturated rings. The van der Waals surface area contributed by atoms with Gasteiger partial charge in [0.15, 0.2) is 0 Å². The van der Waals surface area contributed by atoms with Crippen LogP contribution in [0.5, 0.6) is 0 Å². The summed E-state index contributed by atoms with van der Waals surface area (Å²) in [4.78, 5) is 40.0. The molecule has 0 amide bonds. The zero-order chi connectivity index (χ0) is 16.5. The Labute approximate surface area is 133 Å². The van der Waals surface area contributed by atoms with E-state index in [1.807, 2.05) is 64.3 Å². The van der Waals surface area contributed by atoms with Gasteiger partial charge < -0.3 is 28.7 Å². The summed E-state index contributed by atoms with van der Waals surface area (Å²) >= 11 is 0. The van der Waals surface area contributed by atoms with Gasteiger partial charge in [-0.3, -0.25) is 0 Å². The van der Waals surface area contributed by atoms with Crippen molar-refractivity contribution in [3.8, 4) is 0 Å². The number of carbonyl (C=O) groups is 5. The van der Waals surface area contributed by atoms with Gasteiger partial charge in [0.1, 0.15) is 33.9 Å². The van der Waals surface area contributed by atoms with E-state index in [1.54, 1.807) is 7.11 Å². The molecule has 0 unspecified atom stereocenters. The molecule has 20 heavy (non-hydrogen) atoms. The van der Waals surface area contributed by atoms with Crippen LogP contribution in [0.1, 0.15) is 5.56 Å². The molecule has 0 aliphatic heterocycles. The fraction of sp³-hybridized carbons (Fsp3) is 0.154. The zero-order valence-electron chi connectivity index (χ0n) is 11.5. The molecular weight excluding hydrogens is 436 g/mol. The summed E-state index contributed by atoms with van der Waals surface area (Å²) in [5, 5.41) is 0. The number of hydrogen-bond donors (Lipinski definition) is 0. The maximum absolute atomic E-state index is 8.00. The van der Waals surface area contributed by atoms with E-state index in [2.05, 4.69) is 0 Å². The van der Waals surface area contributed by atoms with Crippen molar-refractivity contribution in [1.29, 1.82) is 0 Å². The summed E-state index contributed by atoms with van der Waals surface area (Å²) in [5.41, 5.74) is 1.22. The van der Waals surface area contributed by atoms with Gasteiger partial charge in [-0.15, -0.1) is 0 Å². The molecule has 0 saturated carbocycles. The van der Waals surface area contributed by atoms with Crippen molar-refractivity contribution in [2.45, 2.75) is 6.61 Å². The molecule has 1 aromatic carbocycles. The fourth-order valence-corrected chi connectivity index (χ4v) is 0.741. The van der Waals surface area contributed by atoms with Crippen molar-refractivity contribution in [2.75, 3.05) is 7.11 Å². The Morgan fingerprint density at radius 1 is 0.750 bits per heavy atom. The van der Waals surface area contributed by atoms with E-state index in [1.165, 1.54) is 5.56 Å². The minimum Gasteiger partial charge on any atom is -0.380 e. The third kappa shape index (κ3) is 44.2. The predicted molar refractivity (Wildman–Crippen MR) is 72.8 cm³/mol. The van der Waals surface area contributed by atoms with E-state index in [0.29, 0.717) is 6.61 Å². The number of carbonyl (C=O) groups excluding carboxylic acids is 5. The molecule has 1 aromatic rings. The molecule has 0 aliphatic rings. The van der Waals surface area contributed by atoms with Crippen molar-refractivity contribution in [3.63, 3.8) is 0 Å². The van der Waals surface area contributed by atoms with Crippen LogP contribution < -0.4 is 0 Å². The number of ether oxygens (including phenoxy) is 1. The van der Waals surface area contributed by atoms with Crippen LogP contribution in [0.4, 0.5) is 0 Å². The topological polar surface area (TPSA) is 94.6 Å². The molecule has 1 rings (SSSR count). The Morgan fingerprint density at radius 3 is 1.30 bits per heavy atom. The molecular formula is C13H20O6W. The molecule has 0 heterocycles. The normalized spacial score (nSPS) is 5.25. The van der Waals surface area contributed by atoms with E-state index in [9.17, 15) is 0 Å². The number of methoxy groups -OCH3 is 1. The first-order valence-electron chi connectivity index (χ1n) is 4.40. The molecule has 6 nitrogen and oxygen atoms in total. The van der Waals surface area contributed by atoms with Crippen LogP contribution in [-0.4, -0.2) is 41.1 Å². The van der Waals surface area contributed by atoms with Crippen molar-refractivity contribution in [1.82, 2.24) is 0 Å². The molecule has 0 spiro atoms. The summed E-state index contributed by atoms with van der Waals surface area (Å²) in [5.74, 6) is 0. The number of hydrogen-bond acceptors (Lipinski definition) is 6. The first-order chi connectivity index (χ1) is 9.43. The Kier molecular flexibility index (Phi) is 121. The summed E-state index contributed by atoms with van der Waals surface area (Å²) in [6, 6.07) is 10.1. The quantitative estimate of drug-likeness (QED) is 0.657. The van der Waals surface area contributed by atoms with Gasteiger partial charge in [-0.25, -0.2) is 0 Å². The maximum atomic E-state index is 8.00. The Morgan fingerprint density at radius 2 is 1.05 bits per heavy atom.